The maximum atomic E-state index is 13.6. The van der Waals surface area contributed by atoms with E-state index in [9.17, 15) is 9.18 Å². The van der Waals surface area contributed by atoms with Gasteiger partial charge in [0.15, 0.2) is 0 Å². The summed E-state index contributed by atoms with van der Waals surface area (Å²) in [5, 5.41) is 0. The highest BCUT2D eigenvalue weighted by Gasteiger charge is 2.18. The lowest BCUT2D eigenvalue weighted by atomic mass is 10.1. The highest BCUT2D eigenvalue weighted by molar-refractivity contribution is 5.91. The third-order valence-corrected chi connectivity index (χ3v) is 3.83. The lowest BCUT2D eigenvalue weighted by Gasteiger charge is -2.25. The number of carbonyl (C=O) groups excluding carboxylic acids is 1. The highest BCUT2D eigenvalue weighted by atomic mass is 19.1. The normalized spacial score (nSPS) is 12.2. The molecule has 0 N–H and O–H groups in total. The topological polar surface area (TPSA) is 29.5 Å². The van der Waals surface area contributed by atoms with Gasteiger partial charge in [0.1, 0.15) is 11.6 Å². The van der Waals surface area contributed by atoms with Crippen LogP contribution in [0, 0.1) is 5.82 Å². The van der Waals surface area contributed by atoms with Crippen molar-refractivity contribution in [1.29, 1.82) is 0 Å². The zero-order valence-corrected chi connectivity index (χ0v) is 13.5. The molecule has 0 aromatic heterocycles. The molecule has 4 heteroatoms. The summed E-state index contributed by atoms with van der Waals surface area (Å²) in [6.45, 7) is 1.92. The van der Waals surface area contributed by atoms with Gasteiger partial charge in [0.25, 0.3) is 0 Å². The van der Waals surface area contributed by atoms with Gasteiger partial charge in [-0.05, 0) is 25.1 Å². The van der Waals surface area contributed by atoms with Gasteiger partial charge < -0.3 is 9.64 Å². The third-order valence-electron chi connectivity index (χ3n) is 3.83. The molecular formula is C19H20FNO2. The molecule has 0 radical (unpaired) electrons. The van der Waals surface area contributed by atoms with Gasteiger partial charge in [-0.1, -0.05) is 36.4 Å². The summed E-state index contributed by atoms with van der Waals surface area (Å²) in [5.41, 5.74) is 1.31. The number of likely N-dealkylation sites (N-methyl/N-ethyl adjacent to an activating group) is 1. The van der Waals surface area contributed by atoms with Crippen LogP contribution in [0.2, 0.25) is 0 Å². The Bertz CT molecular complexity index is 712. The summed E-state index contributed by atoms with van der Waals surface area (Å²) < 4.78 is 18.9. The third kappa shape index (κ3) is 3.97. The fourth-order valence-electron chi connectivity index (χ4n) is 2.30. The Labute approximate surface area is 136 Å². The first-order valence-corrected chi connectivity index (χ1v) is 7.37. The zero-order valence-electron chi connectivity index (χ0n) is 13.5. The van der Waals surface area contributed by atoms with E-state index in [1.807, 2.05) is 31.2 Å². The molecule has 0 spiro atoms. The van der Waals surface area contributed by atoms with Crippen LogP contribution in [0.3, 0.4) is 0 Å². The molecule has 23 heavy (non-hydrogen) atoms. The largest absolute Gasteiger partial charge is 0.496 e. The second kappa shape index (κ2) is 7.58. The van der Waals surface area contributed by atoms with Crippen molar-refractivity contribution in [2.24, 2.45) is 0 Å². The second-order valence-corrected chi connectivity index (χ2v) is 5.22. The van der Waals surface area contributed by atoms with E-state index >= 15 is 0 Å². The van der Waals surface area contributed by atoms with Crippen molar-refractivity contribution >= 4 is 12.0 Å². The van der Waals surface area contributed by atoms with Gasteiger partial charge in [-0.3, -0.25) is 4.79 Å². The molecule has 0 saturated carbocycles. The highest BCUT2D eigenvalue weighted by Crippen LogP contribution is 2.28. The fraction of sp³-hybridized carbons (Fsp3) is 0.211. The molecular weight excluding hydrogens is 293 g/mol. The maximum Gasteiger partial charge on any atom is 0.246 e. The molecule has 0 aliphatic heterocycles. The Morgan fingerprint density at radius 2 is 1.83 bits per heavy atom. The van der Waals surface area contributed by atoms with Crippen LogP contribution in [-0.2, 0) is 4.79 Å². The lowest BCUT2D eigenvalue weighted by Crippen LogP contribution is -2.28. The summed E-state index contributed by atoms with van der Waals surface area (Å²) >= 11 is 0. The molecule has 0 fully saturated rings. The molecule has 0 saturated heterocycles. The molecule has 1 atom stereocenters. The summed E-state index contributed by atoms with van der Waals surface area (Å²) in [6, 6.07) is 13.8. The van der Waals surface area contributed by atoms with Gasteiger partial charge in [0.05, 0.1) is 13.2 Å². The first-order chi connectivity index (χ1) is 11.0. The smallest absolute Gasteiger partial charge is 0.246 e. The number of benzene rings is 2. The van der Waals surface area contributed by atoms with E-state index in [1.165, 1.54) is 18.2 Å². The maximum absolute atomic E-state index is 13.6. The van der Waals surface area contributed by atoms with Crippen molar-refractivity contribution in [2.75, 3.05) is 14.2 Å². The number of ether oxygens (including phenoxy) is 1. The van der Waals surface area contributed by atoms with Crippen molar-refractivity contribution in [2.45, 2.75) is 13.0 Å². The van der Waals surface area contributed by atoms with Crippen molar-refractivity contribution in [3.8, 4) is 5.75 Å². The number of para-hydroxylation sites is 1. The minimum atomic E-state index is -0.350. The van der Waals surface area contributed by atoms with Gasteiger partial charge in [-0.25, -0.2) is 4.39 Å². The van der Waals surface area contributed by atoms with Crippen LogP contribution in [0.4, 0.5) is 4.39 Å². The minimum absolute atomic E-state index is 0.163. The molecule has 2 rings (SSSR count). The molecule has 0 heterocycles. The quantitative estimate of drug-likeness (QED) is 0.779. The number of hydrogen-bond acceptors (Lipinski definition) is 2. The van der Waals surface area contributed by atoms with Gasteiger partial charge in [-0.15, -0.1) is 0 Å². The van der Waals surface area contributed by atoms with E-state index < -0.39 is 0 Å². The van der Waals surface area contributed by atoms with Crippen LogP contribution in [0.1, 0.15) is 24.1 Å². The van der Waals surface area contributed by atoms with Crippen LogP contribution >= 0.6 is 0 Å². The molecule has 3 nitrogen and oxygen atoms in total. The summed E-state index contributed by atoms with van der Waals surface area (Å²) in [5.74, 6) is 0.182. The van der Waals surface area contributed by atoms with E-state index in [-0.39, 0.29) is 17.8 Å². The summed E-state index contributed by atoms with van der Waals surface area (Å²) in [6.07, 6.45) is 2.87. The van der Waals surface area contributed by atoms with E-state index in [2.05, 4.69) is 0 Å². The van der Waals surface area contributed by atoms with E-state index in [0.717, 1.165) is 11.3 Å². The SMILES string of the molecule is COc1ccccc1C(C)N(C)C(=O)C=Cc1ccccc1F. The van der Waals surface area contributed by atoms with Gasteiger partial charge >= 0.3 is 0 Å². The summed E-state index contributed by atoms with van der Waals surface area (Å²) in [4.78, 5) is 13.9. The molecule has 2 aromatic rings. The Balaban J connectivity index is 2.14. The minimum Gasteiger partial charge on any atom is -0.496 e. The molecule has 120 valence electrons. The van der Waals surface area contributed by atoms with E-state index in [1.54, 1.807) is 37.3 Å². The standard InChI is InChI=1S/C19H20FNO2/c1-14(16-9-5-7-11-18(16)23-3)21(2)19(22)13-12-15-8-4-6-10-17(15)20/h4-14H,1-3H3. The lowest BCUT2D eigenvalue weighted by molar-refractivity contribution is -0.126. The Morgan fingerprint density at radius 1 is 1.17 bits per heavy atom. The molecule has 0 bridgehead atoms. The van der Waals surface area contributed by atoms with E-state index in [4.69, 9.17) is 4.74 Å². The van der Waals surface area contributed by atoms with Crippen molar-refractivity contribution in [3.05, 3.63) is 71.6 Å². The Morgan fingerprint density at radius 3 is 2.52 bits per heavy atom. The molecule has 1 amide bonds. The van der Waals surface area contributed by atoms with Crippen LogP contribution in [-0.4, -0.2) is 25.0 Å². The first kappa shape index (κ1) is 16.7. The predicted molar refractivity (Wildman–Crippen MR) is 89.6 cm³/mol. The van der Waals surface area contributed by atoms with E-state index in [0.29, 0.717) is 5.56 Å². The number of methoxy groups -OCH3 is 1. The average Bonchev–Trinajstić information content (AvgIpc) is 2.59. The number of rotatable bonds is 5. The number of amides is 1. The van der Waals surface area contributed by atoms with Gasteiger partial charge in [0, 0.05) is 24.3 Å². The van der Waals surface area contributed by atoms with Crippen molar-refractivity contribution in [1.82, 2.24) is 4.90 Å². The Hall–Kier alpha value is -2.62. The number of nitrogens with zero attached hydrogens (tertiary/aromatic N) is 1. The first-order valence-electron chi connectivity index (χ1n) is 7.37. The Kier molecular flexibility index (Phi) is 5.52. The van der Waals surface area contributed by atoms with Crippen LogP contribution in [0.25, 0.3) is 6.08 Å². The summed E-state index contributed by atoms with van der Waals surface area (Å²) in [7, 11) is 3.32. The molecule has 2 aromatic carbocycles. The second-order valence-electron chi connectivity index (χ2n) is 5.22. The number of carbonyl (C=O) groups is 1. The van der Waals surface area contributed by atoms with Crippen LogP contribution in [0.5, 0.6) is 5.75 Å². The molecule has 0 aliphatic carbocycles. The van der Waals surface area contributed by atoms with Crippen molar-refractivity contribution < 1.29 is 13.9 Å². The van der Waals surface area contributed by atoms with Crippen LogP contribution in [0.15, 0.2) is 54.6 Å². The monoisotopic (exact) mass is 313 g/mol. The predicted octanol–water partition coefficient (Wildman–Crippen LogP) is 4.07. The van der Waals surface area contributed by atoms with Crippen molar-refractivity contribution in [3.63, 3.8) is 0 Å². The van der Waals surface area contributed by atoms with Gasteiger partial charge in [-0.2, -0.15) is 0 Å². The molecule has 0 aliphatic rings. The average molecular weight is 313 g/mol. The van der Waals surface area contributed by atoms with Crippen LogP contribution < -0.4 is 4.74 Å². The fourth-order valence-corrected chi connectivity index (χ4v) is 2.30. The zero-order chi connectivity index (χ0) is 16.8. The van der Waals surface area contributed by atoms with Gasteiger partial charge in [0.2, 0.25) is 5.91 Å². The number of halogens is 1. The molecule has 1 unspecified atom stereocenters. The number of hydrogen-bond donors (Lipinski definition) is 0.